The Morgan fingerprint density at radius 3 is 2.63 bits per heavy atom. The monoisotopic (exact) mass is 413 g/mol. The Kier molecular flexibility index (Phi) is 5.43. The Morgan fingerprint density at radius 2 is 2.04 bits per heavy atom. The smallest absolute Gasteiger partial charge is 0.235 e. The summed E-state index contributed by atoms with van der Waals surface area (Å²) in [4.78, 5) is 14.1. The van der Waals surface area contributed by atoms with Crippen LogP contribution in [0.1, 0.15) is 13.3 Å². The quantitative estimate of drug-likeness (QED) is 0.573. The molecule has 1 fully saturated rings. The minimum absolute atomic E-state index is 0.00554. The maximum atomic E-state index is 13.1. The number of amides is 1. The highest BCUT2D eigenvalue weighted by Gasteiger charge is 2.34. The predicted molar refractivity (Wildman–Crippen MR) is 101 cm³/mol. The lowest BCUT2D eigenvalue weighted by molar-refractivity contribution is -0.130. The molecule has 27 heavy (non-hydrogen) atoms. The van der Waals surface area contributed by atoms with Crippen molar-refractivity contribution in [2.75, 3.05) is 24.4 Å². The summed E-state index contributed by atoms with van der Waals surface area (Å²) in [6.07, 6.45) is 0.448. The SMILES string of the molecule is C[C@H](Sc1nnc(-c2ccc(F)cc2)n1N)C(=O)N(C)[C@@H]1CCS(=O)(=O)C1. The number of hydrogen-bond acceptors (Lipinski definition) is 7. The molecule has 1 aromatic heterocycles. The third kappa shape index (κ3) is 4.24. The molecule has 0 saturated carbocycles. The van der Waals surface area contributed by atoms with Crippen molar-refractivity contribution in [1.29, 1.82) is 0 Å². The molecule has 2 atom stereocenters. The van der Waals surface area contributed by atoms with Crippen molar-refractivity contribution in [3.8, 4) is 11.4 Å². The maximum absolute atomic E-state index is 13.1. The molecule has 0 aliphatic carbocycles. The van der Waals surface area contributed by atoms with Crippen molar-refractivity contribution in [1.82, 2.24) is 19.8 Å². The summed E-state index contributed by atoms with van der Waals surface area (Å²) >= 11 is 1.13. The van der Waals surface area contributed by atoms with E-state index in [1.165, 1.54) is 21.7 Å². The van der Waals surface area contributed by atoms with Crippen LogP contribution in [0.25, 0.3) is 11.4 Å². The maximum Gasteiger partial charge on any atom is 0.235 e. The first-order valence-corrected chi connectivity index (χ1v) is 11.0. The van der Waals surface area contributed by atoms with Gasteiger partial charge in [0, 0.05) is 18.7 Å². The van der Waals surface area contributed by atoms with E-state index in [2.05, 4.69) is 10.2 Å². The van der Waals surface area contributed by atoms with Gasteiger partial charge in [-0.25, -0.2) is 17.5 Å². The van der Waals surface area contributed by atoms with Gasteiger partial charge in [0.15, 0.2) is 15.7 Å². The number of nitrogens with two attached hydrogens (primary N) is 1. The van der Waals surface area contributed by atoms with Crippen molar-refractivity contribution < 1.29 is 17.6 Å². The van der Waals surface area contributed by atoms with Gasteiger partial charge < -0.3 is 10.7 Å². The summed E-state index contributed by atoms with van der Waals surface area (Å²) in [5, 5.41) is 7.83. The van der Waals surface area contributed by atoms with E-state index in [4.69, 9.17) is 5.84 Å². The molecule has 1 aliphatic rings. The van der Waals surface area contributed by atoms with Crippen LogP contribution in [0.4, 0.5) is 4.39 Å². The van der Waals surface area contributed by atoms with Crippen LogP contribution in [0.3, 0.4) is 0 Å². The van der Waals surface area contributed by atoms with Crippen LogP contribution < -0.4 is 5.84 Å². The average molecular weight is 414 g/mol. The molecule has 0 bridgehead atoms. The van der Waals surface area contributed by atoms with Gasteiger partial charge >= 0.3 is 0 Å². The van der Waals surface area contributed by atoms with E-state index in [0.717, 1.165) is 11.8 Å². The molecule has 0 spiro atoms. The molecular weight excluding hydrogens is 393 g/mol. The number of aromatic nitrogens is 3. The lowest BCUT2D eigenvalue weighted by atomic mass is 10.2. The minimum Gasteiger partial charge on any atom is -0.341 e. The molecule has 3 rings (SSSR count). The number of thioether (sulfide) groups is 1. The number of nitrogens with zero attached hydrogens (tertiary/aromatic N) is 4. The van der Waals surface area contributed by atoms with Crippen LogP contribution in [0.5, 0.6) is 0 Å². The van der Waals surface area contributed by atoms with E-state index in [1.54, 1.807) is 26.1 Å². The largest absolute Gasteiger partial charge is 0.341 e. The molecule has 1 aromatic carbocycles. The molecule has 11 heteroatoms. The van der Waals surface area contributed by atoms with Gasteiger partial charge in [-0.2, -0.15) is 0 Å². The van der Waals surface area contributed by atoms with E-state index >= 15 is 0 Å². The van der Waals surface area contributed by atoms with Crippen molar-refractivity contribution in [3.05, 3.63) is 30.1 Å². The van der Waals surface area contributed by atoms with E-state index < -0.39 is 15.1 Å². The Hall–Kier alpha value is -2.14. The lowest BCUT2D eigenvalue weighted by Gasteiger charge is -2.26. The molecule has 1 aliphatic heterocycles. The zero-order chi connectivity index (χ0) is 19.8. The fourth-order valence-electron chi connectivity index (χ4n) is 2.91. The van der Waals surface area contributed by atoms with Crippen LogP contribution in [-0.4, -0.2) is 63.9 Å². The Balaban J connectivity index is 1.70. The van der Waals surface area contributed by atoms with Crippen LogP contribution >= 0.6 is 11.8 Å². The number of rotatable bonds is 5. The van der Waals surface area contributed by atoms with Crippen molar-refractivity contribution in [3.63, 3.8) is 0 Å². The first-order chi connectivity index (χ1) is 12.7. The summed E-state index contributed by atoms with van der Waals surface area (Å²) in [5.41, 5.74) is 0.602. The van der Waals surface area contributed by atoms with Gasteiger partial charge in [-0.15, -0.1) is 10.2 Å². The summed E-state index contributed by atoms with van der Waals surface area (Å²) < 4.78 is 37.6. The van der Waals surface area contributed by atoms with Crippen molar-refractivity contribution in [2.24, 2.45) is 0 Å². The second-order valence-corrected chi connectivity index (χ2v) is 9.99. The van der Waals surface area contributed by atoms with E-state index in [9.17, 15) is 17.6 Å². The van der Waals surface area contributed by atoms with Gasteiger partial charge in [-0.3, -0.25) is 4.79 Å². The Morgan fingerprint density at radius 1 is 1.37 bits per heavy atom. The molecule has 8 nitrogen and oxygen atoms in total. The summed E-state index contributed by atoms with van der Waals surface area (Å²) in [6, 6.07) is 5.37. The Bertz CT molecular complexity index is 945. The van der Waals surface area contributed by atoms with Crippen molar-refractivity contribution in [2.45, 2.75) is 29.8 Å². The number of carbonyl (C=O) groups excluding carboxylic acids is 1. The number of sulfone groups is 1. The molecule has 2 N–H and O–H groups in total. The zero-order valence-corrected chi connectivity index (χ0v) is 16.5. The predicted octanol–water partition coefficient (Wildman–Crippen LogP) is 0.924. The molecular formula is C16H20FN5O3S2. The average Bonchev–Trinajstić information content (AvgIpc) is 3.17. The highest BCUT2D eigenvalue weighted by molar-refractivity contribution is 8.00. The van der Waals surface area contributed by atoms with Gasteiger partial charge in [-0.05, 0) is 37.6 Å². The minimum atomic E-state index is -3.07. The molecule has 146 valence electrons. The molecule has 0 unspecified atom stereocenters. The van der Waals surface area contributed by atoms with Gasteiger partial charge in [0.1, 0.15) is 5.82 Å². The van der Waals surface area contributed by atoms with E-state index in [1.807, 2.05) is 0 Å². The number of benzene rings is 1. The highest BCUT2D eigenvalue weighted by atomic mass is 32.2. The normalized spacial score (nSPS) is 19.7. The van der Waals surface area contributed by atoms with Gasteiger partial charge in [0.05, 0.1) is 16.8 Å². The number of halogens is 1. The third-order valence-corrected chi connectivity index (χ3v) is 7.30. The second kappa shape index (κ2) is 7.47. The first kappa shape index (κ1) is 19.6. The molecule has 1 saturated heterocycles. The topological polar surface area (TPSA) is 111 Å². The van der Waals surface area contributed by atoms with Gasteiger partial charge in [0.25, 0.3) is 0 Å². The van der Waals surface area contributed by atoms with Crippen molar-refractivity contribution >= 4 is 27.5 Å². The lowest BCUT2D eigenvalue weighted by Crippen LogP contribution is -2.41. The summed E-state index contributed by atoms with van der Waals surface area (Å²) in [7, 11) is -1.46. The van der Waals surface area contributed by atoms with E-state index in [-0.39, 0.29) is 29.3 Å². The van der Waals surface area contributed by atoms with Crippen LogP contribution in [0.15, 0.2) is 29.4 Å². The second-order valence-electron chi connectivity index (χ2n) is 6.45. The first-order valence-electron chi connectivity index (χ1n) is 8.28. The molecule has 2 aromatic rings. The fraction of sp³-hybridized carbons (Fsp3) is 0.438. The molecule has 0 radical (unpaired) electrons. The number of hydrogen-bond donors (Lipinski definition) is 1. The summed E-state index contributed by atoms with van der Waals surface area (Å²) in [6.45, 7) is 1.71. The van der Waals surface area contributed by atoms with Crippen LogP contribution in [0.2, 0.25) is 0 Å². The molecule has 2 heterocycles. The summed E-state index contributed by atoms with van der Waals surface area (Å²) in [5.74, 6) is 5.91. The van der Waals surface area contributed by atoms with Gasteiger partial charge in [-0.1, -0.05) is 11.8 Å². The van der Waals surface area contributed by atoms with E-state index in [0.29, 0.717) is 23.0 Å². The Labute approximate surface area is 160 Å². The highest BCUT2D eigenvalue weighted by Crippen LogP contribution is 2.27. The van der Waals surface area contributed by atoms with Gasteiger partial charge in [0.2, 0.25) is 11.1 Å². The van der Waals surface area contributed by atoms with Crippen LogP contribution in [0, 0.1) is 5.82 Å². The third-order valence-electron chi connectivity index (χ3n) is 4.50. The number of nitrogen functional groups attached to an aromatic ring is 1. The number of carbonyl (C=O) groups is 1. The molecule has 1 amide bonds. The standard InChI is InChI=1S/C16H20FN5O3S2/c1-10(15(23)21(2)13-7-8-27(24,25)9-13)26-16-20-19-14(22(16)18)11-3-5-12(17)6-4-11/h3-6,10,13H,7-9,18H2,1-2H3/t10-,13+/m0/s1. The van der Waals surface area contributed by atoms with Crippen LogP contribution in [-0.2, 0) is 14.6 Å². The fourth-order valence-corrected chi connectivity index (χ4v) is 5.55. The zero-order valence-electron chi connectivity index (χ0n) is 14.9.